The van der Waals surface area contributed by atoms with E-state index in [2.05, 4.69) is 4.98 Å². The molecule has 0 unspecified atom stereocenters. The number of ketones is 1. The number of benzene rings is 2. The predicted molar refractivity (Wildman–Crippen MR) is 83.3 cm³/mol. The van der Waals surface area contributed by atoms with Crippen LogP contribution < -0.4 is 0 Å². The molecule has 2 nitrogen and oxygen atoms in total. The van der Waals surface area contributed by atoms with Crippen LogP contribution >= 0.6 is 0 Å². The second-order valence-corrected chi connectivity index (χ2v) is 4.86. The lowest BCUT2D eigenvalue weighted by Gasteiger charge is -2.16. The van der Waals surface area contributed by atoms with Crippen molar-refractivity contribution in [2.24, 2.45) is 0 Å². The molecule has 2 heteroatoms. The molecule has 1 heterocycles. The van der Waals surface area contributed by atoms with Gasteiger partial charge in [-0.25, -0.2) is 0 Å². The molecule has 0 fully saturated rings. The maximum absolute atomic E-state index is 12.9. The van der Waals surface area contributed by atoms with E-state index in [0.29, 0.717) is 5.56 Å². The van der Waals surface area contributed by atoms with Crippen LogP contribution in [0.15, 0.2) is 85.2 Å². The van der Waals surface area contributed by atoms with Gasteiger partial charge < -0.3 is 0 Å². The smallest absolute Gasteiger partial charge is 0.176 e. The van der Waals surface area contributed by atoms with E-state index in [9.17, 15) is 4.79 Å². The Bertz CT molecular complexity index is 669. The molecule has 0 spiro atoms. The van der Waals surface area contributed by atoms with Gasteiger partial charge in [-0.2, -0.15) is 0 Å². The lowest BCUT2D eigenvalue weighted by Crippen LogP contribution is -2.14. The molecule has 0 N–H and O–H groups in total. The molecule has 0 aliphatic rings. The van der Waals surface area contributed by atoms with Crippen molar-refractivity contribution in [1.82, 2.24) is 4.98 Å². The van der Waals surface area contributed by atoms with Crippen molar-refractivity contribution in [3.05, 3.63) is 102 Å². The highest BCUT2D eigenvalue weighted by atomic mass is 16.1. The number of hydrogen-bond acceptors (Lipinski definition) is 2. The van der Waals surface area contributed by atoms with Crippen LogP contribution in [0, 0.1) is 0 Å². The monoisotopic (exact) mass is 273 g/mol. The fourth-order valence-corrected chi connectivity index (χ4v) is 2.46. The fourth-order valence-electron chi connectivity index (χ4n) is 2.46. The Balaban J connectivity index is 2.07. The van der Waals surface area contributed by atoms with Gasteiger partial charge in [-0.3, -0.25) is 9.78 Å². The number of rotatable bonds is 4. The standard InChI is InChI=1S/C19H15NO/c21-19(17-12-7-13-20-14-17)18(15-8-3-1-4-9-15)16-10-5-2-6-11-16/h1-14,18H. The van der Waals surface area contributed by atoms with Crippen molar-refractivity contribution < 1.29 is 4.79 Å². The fraction of sp³-hybridized carbons (Fsp3) is 0.0526. The molecular weight excluding hydrogens is 258 g/mol. The normalized spacial score (nSPS) is 10.5. The highest BCUT2D eigenvalue weighted by Crippen LogP contribution is 2.28. The lowest BCUT2D eigenvalue weighted by molar-refractivity contribution is 0.0973. The Morgan fingerprint density at radius 3 is 1.81 bits per heavy atom. The van der Waals surface area contributed by atoms with Crippen molar-refractivity contribution in [2.75, 3.05) is 0 Å². The molecule has 1 aromatic heterocycles. The summed E-state index contributed by atoms with van der Waals surface area (Å²) < 4.78 is 0. The van der Waals surface area contributed by atoms with Crippen LogP contribution in [-0.2, 0) is 0 Å². The Morgan fingerprint density at radius 2 is 1.33 bits per heavy atom. The van der Waals surface area contributed by atoms with Gasteiger partial charge in [-0.05, 0) is 23.3 Å². The number of Topliss-reactive ketones (excluding diaryl/α,β-unsaturated/α-hetero) is 1. The molecular formula is C19H15NO. The summed E-state index contributed by atoms with van der Waals surface area (Å²) in [6.45, 7) is 0. The molecule has 0 amide bonds. The summed E-state index contributed by atoms with van der Waals surface area (Å²) in [6.07, 6.45) is 3.30. The zero-order valence-corrected chi connectivity index (χ0v) is 11.5. The van der Waals surface area contributed by atoms with E-state index in [1.807, 2.05) is 66.7 Å². The summed E-state index contributed by atoms with van der Waals surface area (Å²) >= 11 is 0. The Morgan fingerprint density at radius 1 is 0.762 bits per heavy atom. The second kappa shape index (κ2) is 6.14. The van der Waals surface area contributed by atoms with Crippen LogP contribution in [0.5, 0.6) is 0 Å². The second-order valence-electron chi connectivity index (χ2n) is 4.86. The van der Waals surface area contributed by atoms with E-state index < -0.39 is 0 Å². The van der Waals surface area contributed by atoms with Crippen molar-refractivity contribution in [1.29, 1.82) is 0 Å². The first-order valence-electron chi connectivity index (χ1n) is 6.90. The average molecular weight is 273 g/mol. The third kappa shape index (κ3) is 2.90. The van der Waals surface area contributed by atoms with Gasteiger partial charge in [-0.1, -0.05) is 60.7 Å². The van der Waals surface area contributed by atoms with Crippen molar-refractivity contribution in [3.63, 3.8) is 0 Å². The molecule has 0 radical (unpaired) electrons. The zero-order valence-electron chi connectivity index (χ0n) is 11.5. The summed E-state index contributed by atoms with van der Waals surface area (Å²) in [4.78, 5) is 17.0. The van der Waals surface area contributed by atoms with Crippen LogP contribution in [0.2, 0.25) is 0 Å². The first kappa shape index (κ1) is 13.3. The average Bonchev–Trinajstić information content (AvgIpc) is 2.58. The summed E-state index contributed by atoms with van der Waals surface area (Å²) in [7, 11) is 0. The quantitative estimate of drug-likeness (QED) is 0.670. The minimum Gasteiger partial charge on any atom is -0.293 e. The Labute approximate surface area is 124 Å². The maximum atomic E-state index is 12.9. The molecule has 0 aliphatic heterocycles. The van der Waals surface area contributed by atoms with Gasteiger partial charge in [-0.15, -0.1) is 0 Å². The molecule has 0 aliphatic carbocycles. The molecule has 2 aromatic carbocycles. The first-order chi connectivity index (χ1) is 10.4. The third-order valence-electron chi connectivity index (χ3n) is 3.47. The van der Waals surface area contributed by atoms with Gasteiger partial charge in [0.1, 0.15) is 0 Å². The van der Waals surface area contributed by atoms with Gasteiger partial charge in [0, 0.05) is 18.0 Å². The Kier molecular flexibility index (Phi) is 3.88. The van der Waals surface area contributed by atoms with Crippen LogP contribution in [0.3, 0.4) is 0 Å². The Hall–Kier alpha value is -2.74. The molecule has 3 aromatic rings. The molecule has 0 atom stereocenters. The van der Waals surface area contributed by atoms with Crippen molar-refractivity contribution in [3.8, 4) is 0 Å². The SMILES string of the molecule is O=C(c1cccnc1)C(c1ccccc1)c1ccccc1. The highest BCUT2D eigenvalue weighted by molar-refractivity contribution is 6.02. The van der Waals surface area contributed by atoms with Gasteiger partial charge in [0.05, 0.1) is 5.92 Å². The van der Waals surface area contributed by atoms with Gasteiger partial charge in [0.15, 0.2) is 5.78 Å². The van der Waals surface area contributed by atoms with E-state index in [1.54, 1.807) is 18.5 Å². The number of nitrogens with zero attached hydrogens (tertiary/aromatic N) is 1. The molecule has 21 heavy (non-hydrogen) atoms. The van der Waals surface area contributed by atoms with Gasteiger partial charge in [0.25, 0.3) is 0 Å². The van der Waals surface area contributed by atoms with Crippen molar-refractivity contribution in [2.45, 2.75) is 5.92 Å². The van der Waals surface area contributed by atoms with Crippen LogP contribution in [0.25, 0.3) is 0 Å². The minimum absolute atomic E-state index is 0.0699. The summed E-state index contributed by atoms with van der Waals surface area (Å²) in [5.74, 6) is -0.225. The zero-order chi connectivity index (χ0) is 14.5. The van der Waals surface area contributed by atoms with Crippen LogP contribution in [0.4, 0.5) is 0 Å². The topological polar surface area (TPSA) is 30.0 Å². The summed E-state index contributed by atoms with van der Waals surface area (Å²) in [5, 5.41) is 0. The molecule has 102 valence electrons. The lowest BCUT2D eigenvalue weighted by atomic mass is 9.85. The van der Waals surface area contributed by atoms with Gasteiger partial charge in [0.2, 0.25) is 0 Å². The van der Waals surface area contributed by atoms with E-state index in [4.69, 9.17) is 0 Å². The van der Waals surface area contributed by atoms with E-state index in [-0.39, 0.29) is 11.7 Å². The number of hydrogen-bond donors (Lipinski definition) is 0. The van der Waals surface area contributed by atoms with E-state index in [1.165, 1.54) is 0 Å². The maximum Gasteiger partial charge on any atom is 0.176 e. The third-order valence-corrected chi connectivity index (χ3v) is 3.47. The number of aromatic nitrogens is 1. The summed E-state index contributed by atoms with van der Waals surface area (Å²) in [5.41, 5.74) is 2.63. The largest absolute Gasteiger partial charge is 0.293 e. The number of carbonyl (C=O) groups excluding carboxylic acids is 1. The molecule has 0 bridgehead atoms. The highest BCUT2D eigenvalue weighted by Gasteiger charge is 2.23. The number of carbonyl (C=O) groups is 1. The first-order valence-corrected chi connectivity index (χ1v) is 6.90. The summed E-state index contributed by atoms with van der Waals surface area (Å²) in [6, 6.07) is 23.3. The van der Waals surface area contributed by atoms with Crippen molar-refractivity contribution >= 4 is 5.78 Å². The van der Waals surface area contributed by atoms with Gasteiger partial charge >= 0.3 is 0 Å². The van der Waals surface area contributed by atoms with Crippen LogP contribution in [-0.4, -0.2) is 10.8 Å². The molecule has 0 saturated carbocycles. The van der Waals surface area contributed by atoms with E-state index in [0.717, 1.165) is 11.1 Å². The predicted octanol–water partition coefficient (Wildman–Crippen LogP) is 4.10. The number of pyridine rings is 1. The van der Waals surface area contributed by atoms with E-state index >= 15 is 0 Å². The molecule has 3 rings (SSSR count). The minimum atomic E-state index is -0.295. The molecule has 0 saturated heterocycles. The van der Waals surface area contributed by atoms with Crippen LogP contribution in [0.1, 0.15) is 27.4 Å².